The number of rotatable bonds is 2. The molecule has 2 N–H and O–H groups in total. The molecule has 1 amide bonds. The lowest BCUT2D eigenvalue weighted by atomic mass is 9.52. The number of amides is 1. The molecule has 5 rings (SSSR count). The van der Waals surface area contributed by atoms with E-state index in [-0.39, 0.29) is 23.4 Å². The topological polar surface area (TPSA) is 49.3 Å². The summed E-state index contributed by atoms with van der Waals surface area (Å²) in [5.74, 6) is 0.164. The van der Waals surface area contributed by atoms with Crippen LogP contribution in [0.5, 0.6) is 0 Å². The van der Waals surface area contributed by atoms with E-state index in [9.17, 15) is 23.1 Å². The highest BCUT2D eigenvalue weighted by molar-refractivity contribution is 5.96. The maximum absolute atomic E-state index is 13.3. The number of carbonyl (C=O) groups is 1. The first-order valence-corrected chi connectivity index (χ1v) is 8.86. The standard InChI is InChI=1S/C19H22F3NO2/c1-10-2-3-14(15(4-10)19(20,21)22)17(24)23-16-12-5-11-6-13(16)9-18(25,7-11)8-12/h2-4,11-13,16,25H,5-9H2,1H3,(H,23,24). The van der Waals surface area contributed by atoms with Gasteiger partial charge in [-0.25, -0.2) is 0 Å². The number of hydrogen-bond acceptors (Lipinski definition) is 2. The average molecular weight is 353 g/mol. The molecular weight excluding hydrogens is 331 g/mol. The minimum absolute atomic E-state index is 0.133. The molecular formula is C19H22F3NO2. The van der Waals surface area contributed by atoms with Gasteiger partial charge in [0.15, 0.2) is 0 Å². The number of halogens is 3. The van der Waals surface area contributed by atoms with Crippen LogP contribution in [0.25, 0.3) is 0 Å². The summed E-state index contributed by atoms with van der Waals surface area (Å²) in [4.78, 5) is 12.6. The normalized spacial score (nSPS) is 36.5. The van der Waals surface area contributed by atoms with E-state index in [2.05, 4.69) is 5.32 Å². The molecule has 0 aromatic heterocycles. The van der Waals surface area contributed by atoms with E-state index in [1.165, 1.54) is 12.1 Å². The van der Waals surface area contributed by atoms with Crippen molar-refractivity contribution in [2.75, 3.05) is 0 Å². The number of carbonyl (C=O) groups excluding carboxylic acids is 1. The maximum atomic E-state index is 13.3. The van der Waals surface area contributed by atoms with Crippen LogP contribution in [0.1, 0.15) is 53.6 Å². The summed E-state index contributed by atoms with van der Waals surface area (Å²) < 4.78 is 39.9. The van der Waals surface area contributed by atoms with Crippen LogP contribution >= 0.6 is 0 Å². The SMILES string of the molecule is Cc1ccc(C(=O)NC2C3CC4CC2CC(O)(C4)C3)c(C(F)(F)F)c1. The number of benzene rings is 1. The first kappa shape index (κ1) is 16.9. The minimum Gasteiger partial charge on any atom is -0.390 e. The fourth-order valence-electron chi connectivity index (χ4n) is 5.54. The molecule has 1 aromatic carbocycles. The molecule has 6 heteroatoms. The predicted molar refractivity (Wildman–Crippen MR) is 85.9 cm³/mol. The van der Waals surface area contributed by atoms with Gasteiger partial charge in [0.05, 0.1) is 16.7 Å². The van der Waals surface area contributed by atoms with E-state index >= 15 is 0 Å². The molecule has 4 aliphatic rings. The van der Waals surface area contributed by atoms with Crippen LogP contribution in [-0.4, -0.2) is 22.7 Å². The molecule has 0 saturated heterocycles. The molecule has 0 radical (unpaired) electrons. The zero-order valence-corrected chi connectivity index (χ0v) is 14.1. The maximum Gasteiger partial charge on any atom is 0.417 e. The van der Waals surface area contributed by atoms with E-state index in [0.717, 1.165) is 25.3 Å². The third kappa shape index (κ3) is 2.94. The number of aliphatic hydroxyl groups is 1. The molecule has 4 saturated carbocycles. The fourth-order valence-corrected chi connectivity index (χ4v) is 5.54. The van der Waals surface area contributed by atoms with Gasteiger partial charge >= 0.3 is 6.18 Å². The van der Waals surface area contributed by atoms with Crippen molar-refractivity contribution in [2.24, 2.45) is 17.8 Å². The third-order valence-corrected chi connectivity index (χ3v) is 6.26. The van der Waals surface area contributed by atoms with Crippen molar-refractivity contribution in [3.63, 3.8) is 0 Å². The van der Waals surface area contributed by atoms with Gasteiger partial charge in [0, 0.05) is 6.04 Å². The molecule has 3 nitrogen and oxygen atoms in total. The van der Waals surface area contributed by atoms with Crippen molar-refractivity contribution >= 4 is 5.91 Å². The molecule has 1 aromatic rings. The van der Waals surface area contributed by atoms with Crippen molar-refractivity contribution in [3.8, 4) is 0 Å². The zero-order chi connectivity index (χ0) is 18.0. The number of nitrogens with one attached hydrogen (secondary N) is 1. The minimum atomic E-state index is -4.56. The third-order valence-electron chi connectivity index (χ3n) is 6.26. The Labute approximate surface area is 144 Å². The van der Waals surface area contributed by atoms with Gasteiger partial charge in [0.2, 0.25) is 0 Å². The van der Waals surface area contributed by atoms with Crippen LogP contribution in [0.4, 0.5) is 13.2 Å². The van der Waals surface area contributed by atoms with Gasteiger partial charge in [-0.3, -0.25) is 4.79 Å². The number of alkyl halides is 3. The van der Waals surface area contributed by atoms with Gasteiger partial charge in [0.25, 0.3) is 5.91 Å². The highest BCUT2D eigenvalue weighted by Gasteiger charge is 2.55. The summed E-state index contributed by atoms with van der Waals surface area (Å²) in [5.41, 5.74) is -1.35. The molecule has 0 aliphatic heterocycles. The lowest BCUT2D eigenvalue weighted by Gasteiger charge is -2.58. The molecule has 4 aliphatic carbocycles. The summed E-state index contributed by atoms with van der Waals surface area (Å²) in [7, 11) is 0. The monoisotopic (exact) mass is 353 g/mol. The predicted octanol–water partition coefficient (Wildman–Crippen LogP) is 3.68. The molecule has 0 heterocycles. The molecule has 4 fully saturated rings. The molecule has 0 spiro atoms. The van der Waals surface area contributed by atoms with E-state index in [1.54, 1.807) is 6.92 Å². The van der Waals surface area contributed by atoms with Crippen molar-refractivity contribution < 1.29 is 23.1 Å². The van der Waals surface area contributed by atoms with Crippen molar-refractivity contribution in [1.82, 2.24) is 5.32 Å². The molecule has 2 atom stereocenters. The quantitative estimate of drug-likeness (QED) is 0.852. The van der Waals surface area contributed by atoms with Crippen LogP contribution in [0.15, 0.2) is 18.2 Å². The second-order valence-electron chi connectivity index (χ2n) is 8.24. The van der Waals surface area contributed by atoms with Crippen molar-refractivity contribution in [2.45, 2.75) is 56.8 Å². The lowest BCUT2D eigenvalue weighted by Crippen LogP contribution is -2.61. The summed E-state index contributed by atoms with van der Waals surface area (Å²) in [6.45, 7) is 1.58. The van der Waals surface area contributed by atoms with Crippen LogP contribution in [0.3, 0.4) is 0 Å². The number of hydrogen-bond donors (Lipinski definition) is 2. The second-order valence-corrected chi connectivity index (χ2v) is 8.24. The van der Waals surface area contributed by atoms with E-state index < -0.39 is 23.2 Å². The largest absolute Gasteiger partial charge is 0.417 e. The number of aryl methyl sites for hydroxylation is 1. The van der Waals surface area contributed by atoms with Gasteiger partial charge in [-0.1, -0.05) is 11.6 Å². The molecule has 136 valence electrons. The van der Waals surface area contributed by atoms with Gasteiger partial charge in [0.1, 0.15) is 0 Å². The van der Waals surface area contributed by atoms with E-state index in [4.69, 9.17) is 0 Å². The Morgan fingerprint density at radius 2 is 1.84 bits per heavy atom. The lowest BCUT2D eigenvalue weighted by molar-refractivity contribution is -0.138. The van der Waals surface area contributed by atoms with Crippen LogP contribution in [-0.2, 0) is 6.18 Å². The Kier molecular flexibility index (Phi) is 3.69. The molecule has 25 heavy (non-hydrogen) atoms. The summed E-state index contributed by atoms with van der Waals surface area (Å²) in [6, 6.07) is 3.68. The van der Waals surface area contributed by atoms with Crippen molar-refractivity contribution in [3.05, 3.63) is 34.9 Å². The Morgan fingerprint density at radius 3 is 2.40 bits per heavy atom. The van der Waals surface area contributed by atoms with Gasteiger partial charge in [-0.05, 0) is 68.9 Å². The fraction of sp³-hybridized carbons (Fsp3) is 0.632. The zero-order valence-electron chi connectivity index (χ0n) is 14.1. The van der Waals surface area contributed by atoms with Gasteiger partial charge < -0.3 is 10.4 Å². The summed E-state index contributed by atoms with van der Waals surface area (Å²) in [6.07, 6.45) is -0.543. The van der Waals surface area contributed by atoms with Crippen LogP contribution < -0.4 is 5.32 Å². The van der Waals surface area contributed by atoms with E-state index in [0.29, 0.717) is 24.3 Å². The second kappa shape index (κ2) is 5.47. The van der Waals surface area contributed by atoms with Crippen LogP contribution in [0, 0.1) is 24.7 Å². The highest BCUT2D eigenvalue weighted by atomic mass is 19.4. The Balaban J connectivity index is 1.58. The highest BCUT2D eigenvalue weighted by Crippen LogP contribution is 2.55. The Morgan fingerprint density at radius 1 is 1.20 bits per heavy atom. The van der Waals surface area contributed by atoms with Crippen LogP contribution in [0.2, 0.25) is 0 Å². The van der Waals surface area contributed by atoms with Gasteiger partial charge in [-0.15, -0.1) is 0 Å². The Bertz CT molecular complexity index is 699. The first-order chi connectivity index (χ1) is 11.6. The Hall–Kier alpha value is -1.56. The molecule has 2 unspecified atom stereocenters. The smallest absolute Gasteiger partial charge is 0.390 e. The average Bonchev–Trinajstić information content (AvgIpc) is 2.48. The van der Waals surface area contributed by atoms with Gasteiger partial charge in [-0.2, -0.15) is 13.2 Å². The summed E-state index contributed by atoms with van der Waals surface area (Å²) >= 11 is 0. The van der Waals surface area contributed by atoms with E-state index in [1.807, 2.05) is 0 Å². The molecule has 4 bridgehead atoms. The van der Waals surface area contributed by atoms with Crippen molar-refractivity contribution in [1.29, 1.82) is 0 Å². The summed E-state index contributed by atoms with van der Waals surface area (Å²) in [5, 5.41) is 13.5. The first-order valence-electron chi connectivity index (χ1n) is 8.86.